The molecule has 0 saturated carbocycles. The summed E-state index contributed by atoms with van der Waals surface area (Å²) in [6, 6.07) is 17.6. The number of nitrogens with zero attached hydrogens (tertiary/aromatic N) is 1. The average Bonchev–Trinajstić information content (AvgIpc) is 2.47. The molecule has 2 aromatic rings. The minimum absolute atomic E-state index is 0.835. The molecule has 2 aromatic carbocycles. The predicted molar refractivity (Wildman–Crippen MR) is 84.5 cm³/mol. The van der Waals surface area contributed by atoms with Crippen LogP contribution < -0.4 is 4.74 Å². The zero-order valence-corrected chi connectivity index (χ0v) is 14.4. The Balaban J connectivity index is 0.000000550. The van der Waals surface area contributed by atoms with Crippen molar-refractivity contribution in [2.24, 2.45) is 4.99 Å². The van der Waals surface area contributed by atoms with Crippen molar-refractivity contribution in [3.8, 4) is 5.75 Å². The predicted octanol–water partition coefficient (Wildman–Crippen LogP) is 5.13. The van der Waals surface area contributed by atoms with Gasteiger partial charge in [0.15, 0.2) is 0 Å². The number of para-hydroxylation sites is 2. The van der Waals surface area contributed by atoms with Crippen LogP contribution in [0.1, 0.15) is 5.56 Å². The van der Waals surface area contributed by atoms with E-state index < -0.39 is 0 Å². The molecule has 0 unspecified atom stereocenters. The Labute approximate surface area is 133 Å². The molecule has 0 aliphatic heterocycles. The van der Waals surface area contributed by atoms with E-state index in [-0.39, 0.29) is 0 Å². The van der Waals surface area contributed by atoms with E-state index in [0.29, 0.717) is 0 Å². The molecule has 0 N–H and O–H groups in total. The van der Waals surface area contributed by atoms with E-state index in [2.05, 4.69) is 33.3 Å². The van der Waals surface area contributed by atoms with Gasteiger partial charge in [0, 0.05) is 11.8 Å². The summed E-state index contributed by atoms with van der Waals surface area (Å²) in [7, 11) is 1.66. The Hall–Kier alpha value is -0.624. The van der Waals surface area contributed by atoms with Crippen LogP contribution in [0.5, 0.6) is 5.75 Å². The standard InChI is InChI=1S/C14H13NO.2BrH.Co/c1-16-14-10-6-5-7-12(14)11-15-13-8-3-2-4-9-13;;;/h2-11H,1H3;2*1H;/q;;;+2/p-2. The molecule has 0 amide bonds. The normalized spacial score (nSPS) is 10.1. The first-order valence-electron chi connectivity index (χ1n) is 5.37. The molecule has 0 aromatic heterocycles. The molecular weight excluding hydrogens is 417 g/mol. The number of rotatable bonds is 3. The summed E-state index contributed by atoms with van der Waals surface area (Å²) < 4.78 is 5.24. The van der Waals surface area contributed by atoms with Crippen LogP contribution in [0.3, 0.4) is 0 Å². The zero-order valence-electron chi connectivity index (χ0n) is 10.2. The van der Waals surface area contributed by atoms with Crippen LogP contribution in [0.25, 0.3) is 0 Å². The Morgan fingerprint density at radius 2 is 1.58 bits per heavy atom. The molecule has 103 valence electrons. The Morgan fingerprint density at radius 1 is 1.00 bits per heavy atom. The molecule has 0 radical (unpaired) electrons. The van der Waals surface area contributed by atoms with E-state index in [0.717, 1.165) is 28.1 Å². The number of aliphatic imine (C=N–C) groups is 1. The van der Waals surface area contributed by atoms with Crippen molar-refractivity contribution < 1.29 is 15.9 Å². The van der Waals surface area contributed by atoms with Gasteiger partial charge in [-0.2, -0.15) is 0 Å². The van der Waals surface area contributed by atoms with Gasteiger partial charge in [-0.25, -0.2) is 0 Å². The third-order valence-corrected chi connectivity index (χ3v) is 2.25. The van der Waals surface area contributed by atoms with Gasteiger partial charge in [-0.15, -0.1) is 0 Å². The van der Waals surface area contributed by atoms with Gasteiger partial charge in [0.1, 0.15) is 5.75 Å². The van der Waals surface area contributed by atoms with Gasteiger partial charge < -0.3 is 4.74 Å². The van der Waals surface area contributed by atoms with Crippen LogP contribution >= 0.6 is 28.3 Å². The monoisotopic (exact) mass is 428 g/mol. The number of methoxy groups -OCH3 is 1. The summed E-state index contributed by atoms with van der Waals surface area (Å²) in [4.78, 5) is 4.38. The Kier molecular flexibility index (Phi) is 8.82. The molecule has 0 spiro atoms. The number of hydrogen-bond donors (Lipinski definition) is 0. The van der Waals surface area contributed by atoms with Crippen molar-refractivity contribution in [1.82, 2.24) is 0 Å². The number of ether oxygens (including phenoxy) is 1. The van der Waals surface area contributed by atoms with Gasteiger partial charge in [-0.3, -0.25) is 4.99 Å². The third-order valence-electron chi connectivity index (χ3n) is 2.25. The third kappa shape index (κ3) is 6.38. The first-order chi connectivity index (χ1) is 9.31. The molecule has 2 rings (SSSR count). The molecule has 0 atom stereocenters. The second-order valence-corrected chi connectivity index (χ2v) is 8.64. The molecule has 0 saturated heterocycles. The first-order valence-corrected chi connectivity index (χ1v) is 10.5. The zero-order chi connectivity index (χ0) is 13.9. The second kappa shape index (κ2) is 10.2. The summed E-state index contributed by atoms with van der Waals surface area (Å²) in [6.07, 6.45) is 1.81. The number of halogens is 2. The van der Waals surface area contributed by atoms with Gasteiger partial charge in [-0.05, 0) is 24.3 Å². The van der Waals surface area contributed by atoms with E-state index in [9.17, 15) is 0 Å². The van der Waals surface area contributed by atoms with Gasteiger partial charge in [-0.1, -0.05) is 30.3 Å². The summed E-state index contributed by atoms with van der Waals surface area (Å²) in [5, 5.41) is 0. The van der Waals surface area contributed by atoms with Crippen molar-refractivity contribution in [2.75, 3.05) is 7.11 Å². The Morgan fingerprint density at radius 3 is 2.21 bits per heavy atom. The molecule has 0 bridgehead atoms. The SMILES string of the molecule is COc1ccccc1C=Nc1ccccc1.[Br][Co][Br]. The van der Waals surface area contributed by atoms with E-state index in [4.69, 9.17) is 4.74 Å². The average molecular weight is 430 g/mol. The minimum atomic E-state index is 0.835. The van der Waals surface area contributed by atoms with Crippen LogP contribution in [0.15, 0.2) is 59.6 Å². The van der Waals surface area contributed by atoms with Crippen molar-refractivity contribution in [1.29, 1.82) is 0 Å². The van der Waals surface area contributed by atoms with Crippen LogP contribution in [0, 0.1) is 0 Å². The molecule has 0 fully saturated rings. The maximum absolute atomic E-state index is 5.24. The van der Waals surface area contributed by atoms with E-state index in [1.54, 1.807) is 7.11 Å². The fourth-order valence-corrected chi connectivity index (χ4v) is 1.43. The van der Waals surface area contributed by atoms with Crippen molar-refractivity contribution in [3.05, 3.63) is 60.2 Å². The molecule has 19 heavy (non-hydrogen) atoms. The molecule has 0 aliphatic carbocycles. The summed E-state index contributed by atoms with van der Waals surface area (Å²) in [5.74, 6) is 0.835. The molecule has 0 heterocycles. The van der Waals surface area contributed by atoms with Crippen molar-refractivity contribution in [3.63, 3.8) is 0 Å². The first kappa shape index (κ1) is 16.4. The Bertz CT molecular complexity index is 506. The summed E-state index contributed by atoms with van der Waals surface area (Å²) in [5.41, 5.74) is 1.92. The maximum atomic E-state index is 5.24. The van der Waals surface area contributed by atoms with Gasteiger partial charge in [0.2, 0.25) is 0 Å². The molecular formula is C14H13Br2CoNO. The topological polar surface area (TPSA) is 21.6 Å². The number of hydrogen-bond acceptors (Lipinski definition) is 2. The van der Waals surface area contributed by atoms with Gasteiger partial charge in [0.25, 0.3) is 0 Å². The van der Waals surface area contributed by atoms with Crippen LogP contribution in [-0.4, -0.2) is 13.3 Å². The molecule has 5 heteroatoms. The summed E-state index contributed by atoms with van der Waals surface area (Å²) in [6.45, 7) is 0. The molecule has 2 nitrogen and oxygen atoms in total. The van der Waals surface area contributed by atoms with Gasteiger partial charge in [0.05, 0.1) is 12.8 Å². The van der Waals surface area contributed by atoms with E-state index in [1.807, 2.05) is 60.8 Å². The fraction of sp³-hybridized carbons (Fsp3) is 0.0714. The van der Waals surface area contributed by atoms with E-state index >= 15 is 0 Å². The fourth-order valence-electron chi connectivity index (χ4n) is 1.43. The second-order valence-electron chi connectivity index (χ2n) is 3.38. The van der Waals surface area contributed by atoms with Crippen molar-refractivity contribution in [2.45, 2.75) is 0 Å². The quantitative estimate of drug-likeness (QED) is 0.619. The van der Waals surface area contributed by atoms with Crippen LogP contribution in [-0.2, 0) is 11.1 Å². The molecule has 0 aliphatic rings. The van der Waals surface area contributed by atoms with Gasteiger partial charge >= 0.3 is 39.5 Å². The van der Waals surface area contributed by atoms with E-state index in [1.165, 1.54) is 0 Å². The van der Waals surface area contributed by atoms with Crippen molar-refractivity contribution >= 4 is 40.2 Å². The van der Waals surface area contributed by atoms with Crippen LogP contribution in [0.4, 0.5) is 5.69 Å². The number of benzene rings is 2. The van der Waals surface area contributed by atoms with Crippen LogP contribution in [0.2, 0.25) is 0 Å². The summed E-state index contributed by atoms with van der Waals surface area (Å²) >= 11 is 7.12.